The van der Waals surface area contributed by atoms with Gasteiger partial charge in [0.1, 0.15) is 12.4 Å². The first kappa shape index (κ1) is 18.4. The molecule has 7 heteroatoms. The molecule has 1 aliphatic rings. The van der Waals surface area contributed by atoms with Gasteiger partial charge < -0.3 is 9.64 Å². The Morgan fingerprint density at radius 1 is 1.12 bits per heavy atom. The summed E-state index contributed by atoms with van der Waals surface area (Å²) in [6.07, 6.45) is 0. The number of hydrogen-bond donors (Lipinski definition) is 0. The highest BCUT2D eigenvalue weighted by molar-refractivity contribution is 7.89. The van der Waals surface area contributed by atoms with Gasteiger partial charge in [-0.15, -0.1) is 0 Å². The Bertz CT molecular complexity index is 907. The molecule has 1 aliphatic heterocycles. The Labute approximate surface area is 154 Å². The predicted octanol–water partition coefficient (Wildman–Crippen LogP) is 2.76. The molecule has 0 bridgehead atoms. The third kappa shape index (κ3) is 3.32. The normalized spacial score (nSPS) is 14.0. The number of rotatable bonds is 5. The van der Waals surface area contributed by atoms with Crippen LogP contribution >= 0.6 is 0 Å². The van der Waals surface area contributed by atoms with E-state index in [2.05, 4.69) is 0 Å². The van der Waals surface area contributed by atoms with Crippen LogP contribution in [0.15, 0.2) is 53.4 Å². The van der Waals surface area contributed by atoms with Crippen LogP contribution in [0.4, 0.5) is 5.69 Å². The van der Waals surface area contributed by atoms with Crippen LogP contribution < -0.4 is 9.64 Å². The van der Waals surface area contributed by atoms with Gasteiger partial charge in [0.15, 0.2) is 0 Å². The molecule has 3 rings (SSSR count). The van der Waals surface area contributed by atoms with E-state index in [1.807, 2.05) is 24.3 Å². The molecule has 26 heavy (non-hydrogen) atoms. The first-order chi connectivity index (χ1) is 12.5. The zero-order valence-corrected chi connectivity index (χ0v) is 15.7. The lowest BCUT2D eigenvalue weighted by molar-refractivity contribution is 0.0976. The van der Waals surface area contributed by atoms with E-state index in [0.717, 1.165) is 0 Å². The Morgan fingerprint density at radius 2 is 1.85 bits per heavy atom. The third-order valence-corrected chi connectivity index (χ3v) is 6.44. The minimum Gasteiger partial charge on any atom is -0.490 e. The highest BCUT2D eigenvalue weighted by Crippen LogP contribution is 2.32. The van der Waals surface area contributed by atoms with Gasteiger partial charge in [-0.1, -0.05) is 32.0 Å². The SMILES string of the molecule is CCN(CC)S(=O)(=O)c1cccc(C(=O)N2CCOc3ccccc32)c1. The largest absolute Gasteiger partial charge is 0.490 e. The van der Waals surface area contributed by atoms with E-state index in [4.69, 9.17) is 4.74 Å². The maximum absolute atomic E-state index is 13.0. The lowest BCUT2D eigenvalue weighted by Gasteiger charge is -2.29. The van der Waals surface area contributed by atoms with Gasteiger partial charge in [0.05, 0.1) is 17.1 Å². The quantitative estimate of drug-likeness (QED) is 0.807. The number of nitrogens with zero attached hydrogens (tertiary/aromatic N) is 2. The zero-order valence-electron chi connectivity index (χ0n) is 14.9. The van der Waals surface area contributed by atoms with Crippen molar-refractivity contribution in [3.05, 3.63) is 54.1 Å². The van der Waals surface area contributed by atoms with Crippen LogP contribution in [0, 0.1) is 0 Å². The van der Waals surface area contributed by atoms with Crippen molar-refractivity contribution < 1.29 is 17.9 Å². The summed E-state index contributed by atoms with van der Waals surface area (Å²) in [7, 11) is -3.61. The number of fused-ring (bicyclic) bond motifs is 1. The molecule has 2 aromatic rings. The van der Waals surface area contributed by atoms with E-state index >= 15 is 0 Å². The molecule has 0 atom stereocenters. The lowest BCUT2D eigenvalue weighted by atomic mass is 10.1. The summed E-state index contributed by atoms with van der Waals surface area (Å²) in [5.74, 6) is 0.413. The number of hydrogen-bond acceptors (Lipinski definition) is 4. The Balaban J connectivity index is 1.96. The van der Waals surface area contributed by atoms with Gasteiger partial charge in [-0.25, -0.2) is 8.42 Å². The van der Waals surface area contributed by atoms with Gasteiger partial charge in [-0.2, -0.15) is 4.31 Å². The van der Waals surface area contributed by atoms with Gasteiger partial charge in [0.2, 0.25) is 10.0 Å². The van der Waals surface area contributed by atoms with Crippen LogP contribution in [0.5, 0.6) is 5.75 Å². The summed E-state index contributed by atoms with van der Waals surface area (Å²) in [5, 5.41) is 0. The van der Waals surface area contributed by atoms with Gasteiger partial charge >= 0.3 is 0 Å². The molecule has 1 heterocycles. The van der Waals surface area contributed by atoms with Crippen molar-refractivity contribution in [2.75, 3.05) is 31.1 Å². The number of para-hydroxylation sites is 2. The molecular formula is C19H22N2O4S. The fourth-order valence-electron chi connectivity index (χ4n) is 3.04. The van der Waals surface area contributed by atoms with E-state index in [1.54, 1.807) is 30.9 Å². The molecule has 0 radical (unpaired) electrons. The topological polar surface area (TPSA) is 66.9 Å². The van der Waals surface area contributed by atoms with E-state index in [0.29, 0.717) is 43.2 Å². The minimum atomic E-state index is -3.61. The summed E-state index contributed by atoms with van der Waals surface area (Å²) in [5.41, 5.74) is 1.04. The van der Waals surface area contributed by atoms with E-state index < -0.39 is 10.0 Å². The Morgan fingerprint density at radius 3 is 2.58 bits per heavy atom. The fraction of sp³-hybridized carbons (Fsp3) is 0.316. The van der Waals surface area contributed by atoms with Gasteiger partial charge in [-0.05, 0) is 30.3 Å². The molecule has 0 saturated heterocycles. The van der Waals surface area contributed by atoms with Crippen molar-refractivity contribution in [1.82, 2.24) is 4.31 Å². The van der Waals surface area contributed by atoms with Crippen molar-refractivity contribution in [2.24, 2.45) is 0 Å². The van der Waals surface area contributed by atoms with E-state index in [9.17, 15) is 13.2 Å². The molecule has 2 aromatic carbocycles. The molecule has 0 N–H and O–H groups in total. The van der Waals surface area contributed by atoms with Crippen molar-refractivity contribution in [2.45, 2.75) is 18.7 Å². The van der Waals surface area contributed by atoms with Crippen molar-refractivity contribution >= 4 is 21.6 Å². The summed E-state index contributed by atoms with van der Waals surface area (Å²) in [6.45, 7) is 5.17. The number of amides is 1. The molecular weight excluding hydrogens is 352 g/mol. The zero-order chi connectivity index (χ0) is 18.7. The van der Waals surface area contributed by atoms with Crippen LogP contribution in [0.3, 0.4) is 0 Å². The minimum absolute atomic E-state index is 0.133. The smallest absolute Gasteiger partial charge is 0.258 e. The predicted molar refractivity (Wildman–Crippen MR) is 100 cm³/mol. The summed E-state index contributed by atoms with van der Waals surface area (Å²) >= 11 is 0. The average molecular weight is 374 g/mol. The molecule has 1 amide bonds. The number of sulfonamides is 1. The van der Waals surface area contributed by atoms with Crippen molar-refractivity contribution in [3.8, 4) is 5.75 Å². The Kier molecular flexibility index (Phi) is 5.29. The van der Waals surface area contributed by atoms with Crippen LogP contribution in [-0.2, 0) is 10.0 Å². The Hall–Kier alpha value is -2.38. The van der Waals surface area contributed by atoms with Crippen molar-refractivity contribution in [1.29, 1.82) is 0 Å². The summed E-state index contributed by atoms with van der Waals surface area (Å²) in [6, 6.07) is 13.6. The summed E-state index contributed by atoms with van der Waals surface area (Å²) in [4.78, 5) is 14.8. The molecule has 6 nitrogen and oxygen atoms in total. The number of benzene rings is 2. The first-order valence-electron chi connectivity index (χ1n) is 8.63. The number of carbonyl (C=O) groups is 1. The molecule has 0 aromatic heterocycles. The number of ether oxygens (including phenoxy) is 1. The second-order valence-electron chi connectivity index (χ2n) is 5.89. The van der Waals surface area contributed by atoms with Gasteiger partial charge in [0.25, 0.3) is 5.91 Å². The maximum atomic E-state index is 13.0. The second kappa shape index (κ2) is 7.47. The van der Waals surface area contributed by atoms with Crippen LogP contribution in [-0.4, -0.2) is 44.9 Å². The molecule has 138 valence electrons. The van der Waals surface area contributed by atoms with Crippen molar-refractivity contribution in [3.63, 3.8) is 0 Å². The average Bonchev–Trinajstić information content (AvgIpc) is 2.68. The van der Waals surface area contributed by atoms with Gasteiger partial charge in [0, 0.05) is 18.7 Å². The fourth-order valence-corrected chi connectivity index (χ4v) is 4.54. The molecule has 0 aliphatic carbocycles. The second-order valence-corrected chi connectivity index (χ2v) is 7.83. The van der Waals surface area contributed by atoms with Crippen LogP contribution in [0.1, 0.15) is 24.2 Å². The molecule has 0 unspecified atom stereocenters. The lowest BCUT2D eigenvalue weighted by Crippen LogP contribution is -2.38. The highest BCUT2D eigenvalue weighted by Gasteiger charge is 2.27. The molecule has 0 saturated carbocycles. The number of anilines is 1. The molecule has 0 fully saturated rings. The maximum Gasteiger partial charge on any atom is 0.258 e. The standard InChI is InChI=1S/C19H22N2O4S/c1-3-20(4-2)26(23,24)16-9-7-8-15(14-16)19(22)21-12-13-25-18-11-6-5-10-17(18)21/h5-11,14H,3-4,12-13H2,1-2H3. The number of carbonyl (C=O) groups excluding carboxylic acids is 1. The van der Waals surface area contributed by atoms with E-state index in [1.165, 1.54) is 16.4 Å². The van der Waals surface area contributed by atoms with E-state index in [-0.39, 0.29) is 10.8 Å². The van der Waals surface area contributed by atoms with Crippen LogP contribution in [0.25, 0.3) is 0 Å². The van der Waals surface area contributed by atoms with Gasteiger partial charge in [-0.3, -0.25) is 4.79 Å². The summed E-state index contributed by atoms with van der Waals surface area (Å²) < 4.78 is 32.4. The van der Waals surface area contributed by atoms with Crippen LogP contribution in [0.2, 0.25) is 0 Å². The monoisotopic (exact) mass is 374 g/mol. The molecule has 0 spiro atoms. The third-order valence-electron chi connectivity index (χ3n) is 4.40. The first-order valence-corrected chi connectivity index (χ1v) is 10.1. The highest BCUT2D eigenvalue weighted by atomic mass is 32.2.